The molecule has 0 aromatic rings. The highest BCUT2D eigenvalue weighted by Crippen LogP contribution is 2.41. The van der Waals surface area contributed by atoms with Crippen molar-refractivity contribution in [2.45, 2.75) is 68.6 Å². The molecule has 0 atom stereocenters. The van der Waals surface area contributed by atoms with E-state index in [0.29, 0.717) is 0 Å². The van der Waals surface area contributed by atoms with Crippen LogP contribution in [0.2, 0.25) is 0 Å². The summed E-state index contributed by atoms with van der Waals surface area (Å²) >= 11 is 0. The molecule has 0 bridgehead atoms. The van der Waals surface area contributed by atoms with Gasteiger partial charge in [-0.2, -0.15) is 17.6 Å². The number of hydrogen-bond acceptors (Lipinski definition) is 6. The third kappa shape index (κ3) is 6.42. The van der Waals surface area contributed by atoms with Crippen LogP contribution in [0.4, 0.5) is 17.6 Å². The molecule has 6 nitrogen and oxygen atoms in total. The molecule has 11 heteroatoms. The second kappa shape index (κ2) is 8.87. The van der Waals surface area contributed by atoms with Gasteiger partial charge in [0.05, 0.1) is 12.2 Å². The molecular formula is C16H23F4O6S-. The van der Waals surface area contributed by atoms with Gasteiger partial charge in [-0.25, -0.2) is 13.2 Å². The van der Waals surface area contributed by atoms with Crippen LogP contribution in [0.25, 0.3) is 0 Å². The minimum absolute atomic E-state index is 0.0393. The maximum atomic E-state index is 13.2. The van der Waals surface area contributed by atoms with Gasteiger partial charge in [0.15, 0.2) is 10.1 Å². The predicted molar refractivity (Wildman–Crippen MR) is 86.4 cm³/mol. The summed E-state index contributed by atoms with van der Waals surface area (Å²) < 4.78 is 93.5. The maximum Gasteiger partial charge on any atom is 0.396 e. The Kier molecular flexibility index (Phi) is 7.83. The zero-order chi connectivity index (χ0) is 20.9. The van der Waals surface area contributed by atoms with Crippen LogP contribution >= 0.6 is 0 Å². The average molecular weight is 419 g/mol. The number of alkyl halides is 4. The number of unbranched alkanes of at least 4 members (excludes halogenated alkanes) is 1. The van der Waals surface area contributed by atoms with E-state index in [1.165, 1.54) is 0 Å². The lowest BCUT2D eigenvalue weighted by atomic mass is 10.1. The Balaban J connectivity index is 2.28. The van der Waals surface area contributed by atoms with E-state index >= 15 is 0 Å². The molecule has 0 unspecified atom stereocenters. The van der Waals surface area contributed by atoms with Crippen LogP contribution in [0.5, 0.6) is 0 Å². The average Bonchev–Trinajstić information content (AvgIpc) is 2.95. The summed E-state index contributed by atoms with van der Waals surface area (Å²) in [5, 5.41) is -5.67. The molecule has 1 rings (SSSR count). The lowest BCUT2D eigenvalue weighted by Gasteiger charge is -2.28. The van der Waals surface area contributed by atoms with E-state index in [9.17, 15) is 35.3 Å². The Morgan fingerprint density at radius 1 is 1.19 bits per heavy atom. The highest BCUT2D eigenvalue weighted by atomic mass is 32.2. The lowest BCUT2D eigenvalue weighted by molar-refractivity contribution is -0.165. The second-order valence-corrected chi connectivity index (χ2v) is 8.26. The zero-order valence-corrected chi connectivity index (χ0v) is 15.8. The van der Waals surface area contributed by atoms with E-state index in [-0.39, 0.29) is 25.2 Å². The van der Waals surface area contributed by atoms with Gasteiger partial charge in [0, 0.05) is 13.0 Å². The molecule has 0 heterocycles. The number of carbonyl (C=O) groups excluding carboxylic acids is 1. The molecule has 1 saturated carbocycles. The van der Waals surface area contributed by atoms with Crippen molar-refractivity contribution in [3.63, 3.8) is 0 Å². The minimum atomic E-state index is -6.47. The third-order valence-electron chi connectivity index (χ3n) is 4.33. The lowest BCUT2D eigenvalue weighted by Crippen LogP contribution is -2.46. The summed E-state index contributed by atoms with van der Waals surface area (Å²) in [6.45, 7) is 4.99. The molecule has 0 N–H and O–H groups in total. The van der Waals surface area contributed by atoms with Crippen molar-refractivity contribution in [3.8, 4) is 0 Å². The van der Waals surface area contributed by atoms with E-state index in [4.69, 9.17) is 9.47 Å². The minimum Gasteiger partial charge on any atom is -0.743 e. The molecule has 0 aliphatic heterocycles. The first-order chi connectivity index (χ1) is 12.2. The molecule has 0 aromatic heterocycles. The SMILES string of the molecule is C=C(COCCCCC(F)(F)C(F)(F)S(=O)(=O)[O-])C(=O)OC1(C)CCCC1. The number of halogens is 4. The Bertz CT molecular complexity index is 641. The maximum absolute atomic E-state index is 13.2. The van der Waals surface area contributed by atoms with Gasteiger partial charge in [-0.15, -0.1) is 0 Å². The third-order valence-corrected chi connectivity index (χ3v) is 5.26. The van der Waals surface area contributed by atoms with Crippen molar-refractivity contribution in [2.75, 3.05) is 13.2 Å². The van der Waals surface area contributed by atoms with Gasteiger partial charge in [0.1, 0.15) is 5.60 Å². The summed E-state index contributed by atoms with van der Waals surface area (Å²) in [6.07, 6.45) is 1.33. The number of carbonyl (C=O) groups is 1. The number of ether oxygens (including phenoxy) is 2. The van der Waals surface area contributed by atoms with Crippen LogP contribution in [0.15, 0.2) is 12.2 Å². The number of esters is 1. The molecule has 0 radical (unpaired) electrons. The summed E-state index contributed by atoms with van der Waals surface area (Å²) in [5.74, 6) is -5.59. The van der Waals surface area contributed by atoms with Crippen LogP contribution in [0, 0.1) is 0 Å². The molecule has 0 amide bonds. The van der Waals surface area contributed by atoms with Gasteiger partial charge in [0.2, 0.25) is 0 Å². The van der Waals surface area contributed by atoms with Crippen LogP contribution in [-0.4, -0.2) is 48.9 Å². The van der Waals surface area contributed by atoms with Crippen LogP contribution in [0.3, 0.4) is 0 Å². The molecule has 1 aliphatic rings. The Morgan fingerprint density at radius 2 is 1.74 bits per heavy atom. The summed E-state index contributed by atoms with van der Waals surface area (Å²) in [5.41, 5.74) is -0.490. The summed E-state index contributed by atoms with van der Waals surface area (Å²) in [6, 6.07) is 0. The fourth-order valence-electron chi connectivity index (χ4n) is 2.65. The highest BCUT2D eigenvalue weighted by Gasteiger charge is 2.60. The summed E-state index contributed by atoms with van der Waals surface area (Å²) in [7, 11) is -6.47. The highest BCUT2D eigenvalue weighted by molar-refractivity contribution is 7.86. The normalized spacial score (nSPS) is 17.7. The van der Waals surface area contributed by atoms with Crippen molar-refractivity contribution in [1.82, 2.24) is 0 Å². The fraction of sp³-hybridized carbons (Fsp3) is 0.812. The molecule has 27 heavy (non-hydrogen) atoms. The largest absolute Gasteiger partial charge is 0.743 e. The molecule has 0 aromatic carbocycles. The van der Waals surface area contributed by atoms with Crippen molar-refractivity contribution < 1.29 is 44.8 Å². The Hall–Kier alpha value is -1.20. The molecule has 158 valence electrons. The van der Waals surface area contributed by atoms with Crippen LogP contribution in [0.1, 0.15) is 51.9 Å². The van der Waals surface area contributed by atoms with Crippen LogP contribution < -0.4 is 0 Å². The Labute approximate surface area is 155 Å². The smallest absolute Gasteiger partial charge is 0.396 e. The van der Waals surface area contributed by atoms with Gasteiger partial charge in [0.25, 0.3) is 0 Å². The number of hydrogen-bond donors (Lipinski definition) is 0. The monoisotopic (exact) mass is 419 g/mol. The molecule has 0 saturated heterocycles. The molecular weight excluding hydrogens is 396 g/mol. The van der Waals surface area contributed by atoms with Crippen molar-refractivity contribution in [3.05, 3.63) is 12.2 Å². The topological polar surface area (TPSA) is 92.7 Å². The first kappa shape index (κ1) is 23.8. The van der Waals surface area contributed by atoms with Gasteiger partial charge in [-0.1, -0.05) is 6.58 Å². The van der Waals surface area contributed by atoms with E-state index in [0.717, 1.165) is 25.7 Å². The Morgan fingerprint density at radius 3 is 2.26 bits per heavy atom. The van der Waals surface area contributed by atoms with Crippen molar-refractivity contribution in [1.29, 1.82) is 0 Å². The van der Waals surface area contributed by atoms with E-state index in [1.54, 1.807) is 0 Å². The van der Waals surface area contributed by atoms with E-state index < -0.39 is 45.7 Å². The number of rotatable bonds is 11. The standard InChI is InChI=1S/C16H24F4O6S/c1-12(13(21)26-14(2)7-3-4-8-14)11-25-10-6-5-9-15(17,18)16(19,20)27(22,23)24/h1,3-11H2,2H3,(H,22,23,24)/p-1. The fourth-order valence-corrected chi connectivity index (χ4v) is 3.12. The van der Waals surface area contributed by atoms with Crippen molar-refractivity contribution >= 4 is 16.1 Å². The zero-order valence-electron chi connectivity index (χ0n) is 14.9. The van der Waals surface area contributed by atoms with Crippen molar-refractivity contribution in [2.24, 2.45) is 0 Å². The van der Waals surface area contributed by atoms with Gasteiger partial charge < -0.3 is 14.0 Å². The molecule has 1 aliphatic carbocycles. The van der Waals surface area contributed by atoms with E-state index in [2.05, 4.69) is 6.58 Å². The summed E-state index contributed by atoms with van der Waals surface area (Å²) in [4.78, 5) is 11.9. The first-order valence-electron chi connectivity index (χ1n) is 8.42. The first-order valence-corrected chi connectivity index (χ1v) is 9.83. The molecule has 1 fully saturated rings. The van der Waals surface area contributed by atoms with E-state index in [1.807, 2.05) is 6.92 Å². The second-order valence-electron chi connectivity index (χ2n) is 6.84. The molecule has 0 spiro atoms. The van der Waals surface area contributed by atoms with Gasteiger partial charge in [-0.3, -0.25) is 0 Å². The quantitative estimate of drug-likeness (QED) is 0.168. The van der Waals surface area contributed by atoms with Crippen LogP contribution in [-0.2, 0) is 24.4 Å². The predicted octanol–water partition coefficient (Wildman–Crippen LogP) is 3.38. The van der Waals surface area contributed by atoms with Gasteiger partial charge in [-0.05, 0) is 45.4 Å². The van der Waals surface area contributed by atoms with Gasteiger partial charge >= 0.3 is 17.1 Å².